The highest BCUT2D eigenvalue weighted by Crippen LogP contribution is 2.29. The standard InChI is InChI=1S/C18H23F3N6O3/c1-4-27(10-15-23-25-26-24-15)16(28)14(9-11(2)3)30-17(29)22-13-7-5-12(6-8-13)18(19,20)21/h5-8,11,14H,4,9-10H2,1-3H3,(H,22,29)(H,23,24,25,26). The van der Waals surface area contributed by atoms with Crippen molar-refractivity contribution in [3.63, 3.8) is 0 Å². The number of benzene rings is 1. The summed E-state index contributed by atoms with van der Waals surface area (Å²) in [5.41, 5.74) is -0.725. The van der Waals surface area contributed by atoms with Crippen LogP contribution in [-0.2, 0) is 22.3 Å². The molecule has 1 aromatic carbocycles. The molecule has 1 atom stereocenters. The van der Waals surface area contributed by atoms with Crippen LogP contribution in [0.5, 0.6) is 0 Å². The first kappa shape index (κ1) is 23.1. The molecule has 9 nitrogen and oxygen atoms in total. The topological polar surface area (TPSA) is 113 Å². The zero-order valence-electron chi connectivity index (χ0n) is 16.7. The number of aromatic nitrogens is 4. The van der Waals surface area contributed by atoms with Gasteiger partial charge < -0.3 is 9.64 Å². The summed E-state index contributed by atoms with van der Waals surface area (Å²) in [5.74, 6) is -0.0806. The second-order valence-electron chi connectivity index (χ2n) is 6.90. The molecule has 0 aliphatic heterocycles. The van der Waals surface area contributed by atoms with Gasteiger partial charge in [0.25, 0.3) is 5.91 Å². The SMILES string of the molecule is CCN(Cc1nn[nH]n1)C(=O)C(CC(C)C)OC(=O)Nc1ccc(C(F)(F)F)cc1. The number of carbonyl (C=O) groups excluding carboxylic acids is 2. The van der Waals surface area contributed by atoms with E-state index in [9.17, 15) is 22.8 Å². The number of likely N-dealkylation sites (N-methyl/N-ethyl adjacent to an activating group) is 1. The minimum Gasteiger partial charge on any atom is -0.436 e. The number of carbonyl (C=O) groups is 2. The third-order valence-electron chi connectivity index (χ3n) is 4.08. The number of aromatic amines is 1. The predicted octanol–water partition coefficient (Wildman–Crippen LogP) is 3.23. The number of nitrogens with zero attached hydrogens (tertiary/aromatic N) is 4. The van der Waals surface area contributed by atoms with Crippen LogP contribution in [0.15, 0.2) is 24.3 Å². The van der Waals surface area contributed by atoms with Crippen LogP contribution in [0, 0.1) is 5.92 Å². The Hall–Kier alpha value is -3.18. The van der Waals surface area contributed by atoms with Crippen molar-refractivity contribution in [1.82, 2.24) is 25.5 Å². The second-order valence-corrected chi connectivity index (χ2v) is 6.90. The zero-order chi connectivity index (χ0) is 22.3. The van der Waals surface area contributed by atoms with Crippen LogP contribution >= 0.6 is 0 Å². The van der Waals surface area contributed by atoms with Crippen molar-refractivity contribution in [3.8, 4) is 0 Å². The molecule has 0 bridgehead atoms. The van der Waals surface area contributed by atoms with Gasteiger partial charge in [-0.3, -0.25) is 10.1 Å². The van der Waals surface area contributed by atoms with Gasteiger partial charge in [0.15, 0.2) is 11.9 Å². The molecule has 1 aromatic heterocycles. The molecule has 30 heavy (non-hydrogen) atoms. The van der Waals surface area contributed by atoms with Gasteiger partial charge in [0.1, 0.15) is 0 Å². The molecular weight excluding hydrogens is 405 g/mol. The predicted molar refractivity (Wildman–Crippen MR) is 100 cm³/mol. The summed E-state index contributed by atoms with van der Waals surface area (Å²) < 4.78 is 43.2. The minimum atomic E-state index is -4.48. The van der Waals surface area contributed by atoms with Crippen LogP contribution in [0.1, 0.15) is 38.6 Å². The molecule has 1 heterocycles. The Balaban J connectivity index is 2.05. The monoisotopic (exact) mass is 428 g/mol. The van der Waals surface area contributed by atoms with E-state index in [0.29, 0.717) is 12.4 Å². The van der Waals surface area contributed by atoms with E-state index in [4.69, 9.17) is 4.74 Å². The number of hydrogen-bond donors (Lipinski definition) is 2. The van der Waals surface area contributed by atoms with Gasteiger partial charge in [0, 0.05) is 12.2 Å². The fourth-order valence-electron chi connectivity index (χ4n) is 2.62. The Morgan fingerprint density at radius 2 is 1.90 bits per heavy atom. The summed E-state index contributed by atoms with van der Waals surface area (Å²) in [4.78, 5) is 26.6. The number of tetrazole rings is 1. The molecule has 2 N–H and O–H groups in total. The maximum atomic E-state index is 12.9. The van der Waals surface area contributed by atoms with Gasteiger partial charge in [-0.2, -0.15) is 18.4 Å². The first-order valence-electron chi connectivity index (χ1n) is 9.26. The summed E-state index contributed by atoms with van der Waals surface area (Å²) >= 11 is 0. The highest BCUT2D eigenvalue weighted by atomic mass is 19.4. The van der Waals surface area contributed by atoms with Gasteiger partial charge in [0.2, 0.25) is 0 Å². The molecule has 0 aliphatic rings. The van der Waals surface area contributed by atoms with E-state index in [0.717, 1.165) is 24.3 Å². The van der Waals surface area contributed by atoms with Gasteiger partial charge in [-0.05, 0) is 43.5 Å². The Morgan fingerprint density at radius 3 is 2.40 bits per heavy atom. The van der Waals surface area contributed by atoms with E-state index in [-0.39, 0.29) is 24.6 Å². The van der Waals surface area contributed by atoms with E-state index in [1.165, 1.54) is 4.90 Å². The van der Waals surface area contributed by atoms with E-state index in [1.807, 2.05) is 13.8 Å². The fraction of sp³-hybridized carbons (Fsp3) is 0.500. The van der Waals surface area contributed by atoms with E-state index < -0.39 is 29.8 Å². The summed E-state index contributed by atoms with van der Waals surface area (Å²) in [5, 5.41) is 15.7. The van der Waals surface area contributed by atoms with Crippen LogP contribution in [0.3, 0.4) is 0 Å². The molecule has 2 aromatic rings. The zero-order valence-corrected chi connectivity index (χ0v) is 16.7. The number of nitrogens with one attached hydrogen (secondary N) is 2. The van der Waals surface area contributed by atoms with Crippen LogP contribution in [0.4, 0.5) is 23.7 Å². The molecule has 0 aliphatic carbocycles. The Kier molecular flexibility index (Phi) is 7.72. The highest BCUT2D eigenvalue weighted by molar-refractivity contribution is 5.88. The summed E-state index contributed by atoms with van der Waals surface area (Å²) in [6.07, 6.45) is -6.23. The molecule has 164 valence electrons. The lowest BCUT2D eigenvalue weighted by molar-refractivity contribution is -0.141. The number of ether oxygens (including phenoxy) is 1. The van der Waals surface area contributed by atoms with Crippen molar-refractivity contribution in [2.24, 2.45) is 5.92 Å². The van der Waals surface area contributed by atoms with Crippen molar-refractivity contribution >= 4 is 17.7 Å². The lowest BCUT2D eigenvalue weighted by atomic mass is 10.0. The lowest BCUT2D eigenvalue weighted by Gasteiger charge is -2.26. The van der Waals surface area contributed by atoms with Gasteiger partial charge in [-0.15, -0.1) is 10.2 Å². The van der Waals surface area contributed by atoms with E-state index in [2.05, 4.69) is 25.9 Å². The average molecular weight is 428 g/mol. The van der Waals surface area contributed by atoms with Crippen molar-refractivity contribution in [3.05, 3.63) is 35.7 Å². The minimum absolute atomic E-state index is 0.0432. The van der Waals surface area contributed by atoms with E-state index >= 15 is 0 Å². The van der Waals surface area contributed by atoms with Crippen molar-refractivity contribution < 1.29 is 27.5 Å². The number of alkyl halides is 3. The van der Waals surface area contributed by atoms with Crippen LogP contribution in [0.2, 0.25) is 0 Å². The molecule has 2 rings (SSSR count). The van der Waals surface area contributed by atoms with Crippen LogP contribution < -0.4 is 5.32 Å². The van der Waals surface area contributed by atoms with Crippen LogP contribution in [0.25, 0.3) is 0 Å². The van der Waals surface area contributed by atoms with Gasteiger partial charge in [-0.25, -0.2) is 4.79 Å². The third kappa shape index (κ3) is 6.71. The number of amides is 2. The Labute approximate surface area is 171 Å². The fourth-order valence-corrected chi connectivity index (χ4v) is 2.62. The van der Waals surface area contributed by atoms with Crippen molar-refractivity contribution in [1.29, 1.82) is 0 Å². The number of halogens is 3. The van der Waals surface area contributed by atoms with Crippen molar-refractivity contribution in [2.75, 3.05) is 11.9 Å². The molecule has 0 saturated carbocycles. The Morgan fingerprint density at radius 1 is 1.23 bits per heavy atom. The summed E-state index contributed by atoms with van der Waals surface area (Å²) in [7, 11) is 0. The first-order valence-corrected chi connectivity index (χ1v) is 9.26. The highest BCUT2D eigenvalue weighted by Gasteiger charge is 2.31. The van der Waals surface area contributed by atoms with Gasteiger partial charge >= 0.3 is 12.3 Å². The first-order chi connectivity index (χ1) is 14.1. The quantitative estimate of drug-likeness (QED) is 0.668. The Bertz CT molecular complexity index is 825. The molecule has 0 saturated heterocycles. The maximum Gasteiger partial charge on any atom is 0.416 e. The molecule has 2 amide bonds. The number of anilines is 1. The molecule has 1 unspecified atom stereocenters. The average Bonchev–Trinajstić information content (AvgIpc) is 3.17. The number of hydrogen-bond acceptors (Lipinski definition) is 6. The third-order valence-corrected chi connectivity index (χ3v) is 4.08. The largest absolute Gasteiger partial charge is 0.436 e. The normalized spacial score (nSPS) is 12.5. The van der Waals surface area contributed by atoms with Crippen molar-refractivity contribution in [2.45, 2.75) is 46.0 Å². The van der Waals surface area contributed by atoms with Gasteiger partial charge in [0.05, 0.1) is 12.1 Å². The summed E-state index contributed by atoms with van der Waals surface area (Å²) in [6.45, 7) is 5.91. The van der Waals surface area contributed by atoms with Gasteiger partial charge in [-0.1, -0.05) is 19.1 Å². The van der Waals surface area contributed by atoms with E-state index in [1.54, 1.807) is 6.92 Å². The molecule has 0 fully saturated rings. The molecule has 12 heteroatoms. The molecule has 0 spiro atoms. The molecular formula is C18H23F3N6O3. The number of rotatable bonds is 8. The summed E-state index contributed by atoms with van der Waals surface area (Å²) in [6, 6.07) is 3.90. The smallest absolute Gasteiger partial charge is 0.416 e. The number of H-pyrrole nitrogens is 1. The van der Waals surface area contributed by atoms with Crippen LogP contribution in [-0.4, -0.2) is 50.2 Å². The maximum absolute atomic E-state index is 12.9. The molecule has 0 radical (unpaired) electrons. The lowest BCUT2D eigenvalue weighted by Crippen LogP contribution is -2.42. The second kappa shape index (κ2) is 10.0.